The Morgan fingerprint density at radius 2 is 2.27 bits per heavy atom. The van der Waals surface area contributed by atoms with Crippen molar-refractivity contribution < 1.29 is 19.7 Å². The highest BCUT2D eigenvalue weighted by molar-refractivity contribution is 4.72. The second-order valence-corrected chi connectivity index (χ2v) is 2.61. The van der Waals surface area contributed by atoms with E-state index in [0.717, 1.165) is 0 Å². The molecule has 0 aromatic carbocycles. The van der Waals surface area contributed by atoms with Crippen LogP contribution in [-0.4, -0.2) is 41.9 Å². The van der Waals surface area contributed by atoms with Gasteiger partial charge in [0.15, 0.2) is 6.29 Å². The molecule has 0 amide bonds. The van der Waals surface area contributed by atoms with Crippen molar-refractivity contribution >= 4 is 0 Å². The molecule has 0 aromatic rings. The van der Waals surface area contributed by atoms with E-state index in [4.69, 9.17) is 19.7 Å². The quantitative estimate of drug-likeness (QED) is 0.574. The van der Waals surface area contributed by atoms with Gasteiger partial charge in [-0.1, -0.05) is 0 Å². The standard InChI is InChI=1S/C7H14O4/c1-2-10-6-3-5(8)4-11-7(6)9/h5-9H,2-4H2,1H3. The molecule has 1 aliphatic rings. The first-order chi connectivity index (χ1) is 5.24. The molecule has 1 saturated heterocycles. The second-order valence-electron chi connectivity index (χ2n) is 2.61. The van der Waals surface area contributed by atoms with Gasteiger partial charge in [-0.15, -0.1) is 0 Å². The first-order valence-corrected chi connectivity index (χ1v) is 3.83. The van der Waals surface area contributed by atoms with Crippen molar-refractivity contribution in [1.29, 1.82) is 0 Å². The fraction of sp³-hybridized carbons (Fsp3) is 1.00. The van der Waals surface area contributed by atoms with Gasteiger partial charge in [0.05, 0.1) is 12.7 Å². The third-order valence-electron chi connectivity index (χ3n) is 1.66. The average molecular weight is 162 g/mol. The van der Waals surface area contributed by atoms with Crippen LogP contribution >= 0.6 is 0 Å². The van der Waals surface area contributed by atoms with Crippen LogP contribution < -0.4 is 0 Å². The summed E-state index contributed by atoms with van der Waals surface area (Å²) in [4.78, 5) is 0. The number of aliphatic hydroxyl groups excluding tert-OH is 2. The summed E-state index contributed by atoms with van der Waals surface area (Å²) in [7, 11) is 0. The largest absolute Gasteiger partial charge is 0.391 e. The van der Waals surface area contributed by atoms with Gasteiger partial charge in [0.2, 0.25) is 0 Å². The third-order valence-corrected chi connectivity index (χ3v) is 1.66. The molecule has 4 heteroatoms. The van der Waals surface area contributed by atoms with E-state index < -0.39 is 12.4 Å². The molecule has 3 atom stereocenters. The van der Waals surface area contributed by atoms with E-state index >= 15 is 0 Å². The molecule has 0 radical (unpaired) electrons. The lowest BCUT2D eigenvalue weighted by molar-refractivity contribution is -0.224. The van der Waals surface area contributed by atoms with Gasteiger partial charge >= 0.3 is 0 Å². The minimum absolute atomic E-state index is 0.199. The Morgan fingerprint density at radius 1 is 1.55 bits per heavy atom. The highest BCUT2D eigenvalue weighted by Crippen LogP contribution is 2.15. The van der Waals surface area contributed by atoms with Gasteiger partial charge < -0.3 is 19.7 Å². The highest BCUT2D eigenvalue weighted by atomic mass is 16.6. The van der Waals surface area contributed by atoms with E-state index in [2.05, 4.69) is 0 Å². The van der Waals surface area contributed by atoms with Gasteiger partial charge in [-0.05, 0) is 6.92 Å². The normalized spacial score (nSPS) is 39.0. The third kappa shape index (κ3) is 2.41. The van der Waals surface area contributed by atoms with E-state index in [1.54, 1.807) is 0 Å². The molecule has 0 saturated carbocycles. The predicted molar refractivity (Wildman–Crippen MR) is 38.0 cm³/mol. The first kappa shape index (κ1) is 8.93. The van der Waals surface area contributed by atoms with Gasteiger partial charge in [-0.3, -0.25) is 0 Å². The number of hydrogen-bond donors (Lipinski definition) is 2. The molecule has 0 bridgehead atoms. The molecule has 4 nitrogen and oxygen atoms in total. The Morgan fingerprint density at radius 3 is 2.91 bits per heavy atom. The molecular weight excluding hydrogens is 148 g/mol. The molecule has 1 rings (SSSR count). The zero-order chi connectivity index (χ0) is 8.27. The van der Waals surface area contributed by atoms with Gasteiger partial charge in [0.1, 0.15) is 6.10 Å². The smallest absolute Gasteiger partial charge is 0.181 e. The lowest BCUT2D eigenvalue weighted by atomic mass is 10.1. The van der Waals surface area contributed by atoms with Crippen LogP contribution in [0, 0.1) is 0 Å². The Kier molecular flexibility index (Phi) is 3.26. The second kappa shape index (κ2) is 4.01. The van der Waals surface area contributed by atoms with Gasteiger partial charge in [0.25, 0.3) is 0 Å². The monoisotopic (exact) mass is 162 g/mol. The fourth-order valence-electron chi connectivity index (χ4n) is 1.13. The van der Waals surface area contributed by atoms with Crippen LogP contribution in [0.5, 0.6) is 0 Å². The zero-order valence-corrected chi connectivity index (χ0v) is 6.56. The SMILES string of the molecule is CCOC1CC(O)COC1O. The van der Waals surface area contributed by atoms with Crippen LogP contribution in [0.2, 0.25) is 0 Å². The van der Waals surface area contributed by atoms with Crippen molar-refractivity contribution in [3.8, 4) is 0 Å². The van der Waals surface area contributed by atoms with Crippen molar-refractivity contribution in [2.45, 2.75) is 31.8 Å². The zero-order valence-electron chi connectivity index (χ0n) is 6.56. The Hall–Kier alpha value is -0.160. The lowest BCUT2D eigenvalue weighted by Gasteiger charge is -2.30. The van der Waals surface area contributed by atoms with E-state index in [-0.39, 0.29) is 12.7 Å². The Bertz CT molecular complexity index is 117. The molecule has 0 aromatic heterocycles. The average Bonchev–Trinajstić information content (AvgIpc) is 1.98. The van der Waals surface area contributed by atoms with Crippen LogP contribution in [0.3, 0.4) is 0 Å². The summed E-state index contributed by atoms with van der Waals surface area (Å²) >= 11 is 0. The fourth-order valence-corrected chi connectivity index (χ4v) is 1.13. The summed E-state index contributed by atoms with van der Waals surface area (Å²) < 4.78 is 9.97. The van der Waals surface area contributed by atoms with Crippen LogP contribution in [-0.2, 0) is 9.47 Å². The Balaban J connectivity index is 2.34. The molecule has 3 unspecified atom stereocenters. The van der Waals surface area contributed by atoms with Gasteiger partial charge in [0, 0.05) is 13.0 Å². The number of ether oxygens (including phenoxy) is 2. The Labute approximate surface area is 65.7 Å². The molecule has 66 valence electrons. The number of aliphatic hydroxyl groups is 2. The summed E-state index contributed by atoms with van der Waals surface area (Å²) in [6.45, 7) is 2.57. The number of rotatable bonds is 2. The maximum atomic E-state index is 9.16. The molecule has 0 spiro atoms. The van der Waals surface area contributed by atoms with Gasteiger partial charge in [-0.25, -0.2) is 0 Å². The van der Waals surface area contributed by atoms with Crippen molar-refractivity contribution in [1.82, 2.24) is 0 Å². The minimum Gasteiger partial charge on any atom is -0.391 e. The van der Waals surface area contributed by atoms with Crippen molar-refractivity contribution in [2.75, 3.05) is 13.2 Å². The summed E-state index contributed by atoms with van der Waals surface area (Å²) in [5.41, 5.74) is 0. The minimum atomic E-state index is -0.877. The van der Waals surface area contributed by atoms with Crippen molar-refractivity contribution in [3.63, 3.8) is 0 Å². The molecular formula is C7H14O4. The van der Waals surface area contributed by atoms with Crippen LogP contribution in [0.4, 0.5) is 0 Å². The van der Waals surface area contributed by atoms with Crippen LogP contribution in [0.15, 0.2) is 0 Å². The molecule has 1 heterocycles. The van der Waals surface area contributed by atoms with E-state index in [0.29, 0.717) is 13.0 Å². The van der Waals surface area contributed by atoms with Crippen molar-refractivity contribution in [2.24, 2.45) is 0 Å². The summed E-state index contributed by atoms with van der Waals surface area (Å²) in [5, 5.41) is 18.3. The maximum Gasteiger partial charge on any atom is 0.181 e. The number of hydrogen-bond acceptors (Lipinski definition) is 4. The molecule has 1 fully saturated rings. The van der Waals surface area contributed by atoms with E-state index in [1.165, 1.54) is 0 Å². The van der Waals surface area contributed by atoms with E-state index in [1.807, 2.05) is 6.92 Å². The van der Waals surface area contributed by atoms with E-state index in [9.17, 15) is 0 Å². The molecule has 1 aliphatic heterocycles. The highest BCUT2D eigenvalue weighted by Gasteiger charge is 2.28. The topological polar surface area (TPSA) is 58.9 Å². The first-order valence-electron chi connectivity index (χ1n) is 3.83. The summed E-state index contributed by atoms with van der Waals surface area (Å²) in [6.07, 6.45) is -1.30. The van der Waals surface area contributed by atoms with Crippen LogP contribution in [0.1, 0.15) is 13.3 Å². The molecule has 11 heavy (non-hydrogen) atoms. The predicted octanol–water partition coefficient (Wildman–Crippen LogP) is -0.509. The summed E-state index contributed by atoms with van der Waals surface area (Å²) in [5.74, 6) is 0. The summed E-state index contributed by atoms with van der Waals surface area (Å²) in [6, 6.07) is 0. The van der Waals surface area contributed by atoms with Gasteiger partial charge in [-0.2, -0.15) is 0 Å². The molecule has 0 aliphatic carbocycles. The maximum absolute atomic E-state index is 9.16. The van der Waals surface area contributed by atoms with Crippen molar-refractivity contribution in [3.05, 3.63) is 0 Å². The molecule has 2 N–H and O–H groups in total. The van der Waals surface area contributed by atoms with Crippen LogP contribution in [0.25, 0.3) is 0 Å². The lowest BCUT2D eigenvalue weighted by Crippen LogP contribution is -2.42.